The first kappa shape index (κ1) is 13.0. The molecule has 1 saturated heterocycles. The smallest absolute Gasteiger partial charge is 0.351 e. The monoisotopic (exact) mass is 257 g/mol. The highest BCUT2D eigenvalue weighted by atomic mass is 16.6. The molecule has 2 rings (SSSR count). The molecule has 0 amide bonds. The van der Waals surface area contributed by atoms with E-state index >= 15 is 0 Å². The Morgan fingerprint density at radius 1 is 1.50 bits per heavy atom. The number of nitrogen functional groups attached to an aromatic ring is 1. The second-order valence-electron chi connectivity index (χ2n) is 4.20. The predicted octanol–water partition coefficient (Wildman–Crippen LogP) is -2.25. The number of aryl methyl sites for hydroxylation is 1. The van der Waals surface area contributed by atoms with Crippen LogP contribution in [-0.4, -0.2) is 49.8 Å². The number of nitrogens with two attached hydrogens (primary N) is 1. The Bertz CT molecular complexity index is 503. The lowest BCUT2D eigenvalue weighted by Gasteiger charge is -2.19. The van der Waals surface area contributed by atoms with Gasteiger partial charge in [-0.2, -0.15) is 4.98 Å². The van der Waals surface area contributed by atoms with E-state index in [2.05, 4.69) is 4.98 Å². The van der Waals surface area contributed by atoms with Crippen molar-refractivity contribution in [3.8, 4) is 0 Å². The number of rotatable bonds is 2. The molecule has 1 fully saturated rings. The van der Waals surface area contributed by atoms with Gasteiger partial charge < -0.3 is 25.8 Å². The van der Waals surface area contributed by atoms with Gasteiger partial charge in [0.15, 0.2) is 6.23 Å². The number of nitrogens with zero attached hydrogens (tertiary/aromatic N) is 2. The first-order chi connectivity index (χ1) is 8.45. The average molecular weight is 257 g/mol. The first-order valence-electron chi connectivity index (χ1n) is 5.44. The topological polar surface area (TPSA) is 131 Å². The summed E-state index contributed by atoms with van der Waals surface area (Å²) in [5.74, 6) is 0.0699. The van der Waals surface area contributed by atoms with Crippen LogP contribution in [0.2, 0.25) is 0 Å². The number of hydrogen-bond acceptors (Lipinski definition) is 7. The molecule has 2 unspecified atom stereocenters. The van der Waals surface area contributed by atoms with Crippen molar-refractivity contribution in [3.05, 3.63) is 22.2 Å². The lowest BCUT2D eigenvalue weighted by molar-refractivity contribution is -0.0558. The van der Waals surface area contributed by atoms with Crippen LogP contribution in [0.5, 0.6) is 0 Å². The Morgan fingerprint density at radius 3 is 2.67 bits per heavy atom. The molecule has 8 nitrogen and oxygen atoms in total. The Labute approximate surface area is 102 Å². The molecule has 1 aliphatic heterocycles. The molecule has 18 heavy (non-hydrogen) atoms. The third kappa shape index (κ3) is 1.99. The van der Waals surface area contributed by atoms with Crippen molar-refractivity contribution >= 4 is 5.82 Å². The summed E-state index contributed by atoms with van der Waals surface area (Å²) in [5, 5.41) is 28.4. The van der Waals surface area contributed by atoms with E-state index in [1.807, 2.05) is 0 Å². The fourth-order valence-corrected chi connectivity index (χ4v) is 2.03. The summed E-state index contributed by atoms with van der Waals surface area (Å²) in [5.41, 5.74) is 5.19. The highest BCUT2D eigenvalue weighted by molar-refractivity contribution is 5.28. The van der Waals surface area contributed by atoms with Crippen LogP contribution in [0.4, 0.5) is 5.82 Å². The van der Waals surface area contributed by atoms with Gasteiger partial charge in [0, 0.05) is 5.69 Å². The fraction of sp³-hybridized carbons (Fsp3) is 0.600. The Balaban J connectivity index is 2.42. The normalized spacial score (nSPS) is 31.8. The maximum atomic E-state index is 11.7. The minimum Gasteiger partial charge on any atom is -0.394 e. The Morgan fingerprint density at radius 2 is 2.17 bits per heavy atom. The summed E-state index contributed by atoms with van der Waals surface area (Å²) in [4.78, 5) is 15.3. The van der Waals surface area contributed by atoms with E-state index in [9.17, 15) is 15.0 Å². The first-order valence-corrected chi connectivity index (χ1v) is 5.44. The van der Waals surface area contributed by atoms with E-state index in [-0.39, 0.29) is 5.82 Å². The van der Waals surface area contributed by atoms with E-state index in [1.54, 1.807) is 6.92 Å². The lowest BCUT2D eigenvalue weighted by atomic mass is 10.1. The number of aliphatic hydroxyl groups is 3. The lowest BCUT2D eigenvalue weighted by Crippen LogP contribution is -2.37. The van der Waals surface area contributed by atoms with Crippen molar-refractivity contribution in [3.63, 3.8) is 0 Å². The van der Waals surface area contributed by atoms with Gasteiger partial charge in [0.1, 0.15) is 24.1 Å². The van der Waals surface area contributed by atoms with Crippen LogP contribution in [0, 0.1) is 6.92 Å². The van der Waals surface area contributed by atoms with Crippen LogP contribution in [0.15, 0.2) is 10.9 Å². The zero-order valence-electron chi connectivity index (χ0n) is 9.72. The van der Waals surface area contributed by atoms with Crippen molar-refractivity contribution in [1.29, 1.82) is 0 Å². The standard InChI is InChI=1S/C10H15N3O5/c1-4-2-6(11)12-10(17)13(4)9-8(16)7(15)5(3-14)18-9/h2,5,7-9,14-16H,3H2,1H3,(H2,11,12,17)/t5-,7?,8?,9-/m1/s1. The third-order valence-corrected chi connectivity index (χ3v) is 2.94. The van der Waals surface area contributed by atoms with Gasteiger partial charge in [0.25, 0.3) is 0 Å². The van der Waals surface area contributed by atoms with Crippen LogP contribution in [0.1, 0.15) is 11.9 Å². The van der Waals surface area contributed by atoms with Gasteiger partial charge >= 0.3 is 5.69 Å². The molecule has 4 atom stereocenters. The minimum atomic E-state index is -1.32. The number of aromatic nitrogens is 2. The molecule has 2 heterocycles. The average Bonchev–Trinajstić information content (AvgIpc) is 2.56. The summed E-state index contributed by atoms with van der Waals surface area (Å²) in [6.45, 7) is 1.15. The molecule has 8 heteroatoms. The van der Waals surface area contributed by atoms with Crippen molar-refractivity contribution < 1.29 is 20.1 Å². The SMILES string of the molecule is Cc1cc(N)nc(=O)n1[C@@H]1O[C@H](CO)C(O)C1O. The second-order valence-corrected chi connectivity index (χ2v) is 4.20. The van der Waals surface area contributed by atoms with Crippen molar-refractivity contribution in [1.82, 2.24) is 9.55 Å². The van der Waals surface area contributed by atoms with Gasteiger partial charge in [-0.1, -0.05) is 0 Å². The highest BCUT2D eigenvalue weighted by Crippen LogP contribution is 2.28. The number of ether oxygens (including phenoxy) is 1. The highest BCUT2D eigenvalue weighted by Gasteiger charge is 2.44. The van der Waals surface area contributed by atoms with Crippen LogP contribution in [-0.2, 0) is 4.74 Å². The summed E-state index contributed by atoms with van der Waals surface area (Å²) < 4.78 is 6.35. The molecule has 0 aromatic carbocycles. The Hall–Kier alpha value is -1.48. The molecule has 0 saturated carbocycles. The van der Waals surface area contributed by atoms with Crippen LogP contribution < -0.4 is 11.4 Å². The number of aliphatic hydroxyl groups excluding tert-OH is 3. The summed E-state index contributed by atoms with van der Waals surface area (Å²) in [6.07, 6.45) is -4.60. The molecule has 0 aliphatic carbocycles. The molecular formula is C10H15N3O5. The number of anilines is 1. The maximum Gasteiger partial charge on any atom is 0.351 e. The maximum absolute atomic E-state index is 11.7. The van der Waals surface area contributed by atoms with E-state index in [1.165, 1.54) is 6.07 Å². The zero-order chi connectivity index (χ0) is 13.4. The summed E-state index contributed by atoms with van der Waals surface area (Å²) in [7, 11) is 0. The summed E-state index contributed by atoms with van der Waals surface area (Å²) >= 11 is 0. The van der Waals surface area contributed by atoms with E-state index < -0.39 is 36.8 Å². The Kier molecular flexibility index (Phi) is 3.35. The molecular weight excluding hydrogens is 242 g/mol. The molecule has 5 N–H and O–H groups in total. The number of hydrogen-bond donors (Lipinski definition) is 4. The van der Waals surface area contributed by atoms with Gasteiger partial charge in [-0.25, -0.2) is 4.79 Å². The van der Waals surface area contributed by atoms with Gasteiger partial charge in [-0.05, 0) is 13.0 Å². The van der Waals surface area contributed by atoms with Crippen molar-refractivity contribution in [2.45, 2.75) is 31.5 Å². The van der Waals surface area contributed by atoms with Crippen LogP contribution in [0.3, 0.4) is 0 Å². The van der Waals surface area contributed by atoms with Crippen LogP contribution in [0.25, 0.3) is 0 Å². The second kappa shape index (κ2) is 4.65. The molecule has 1 aromatic rings. The van der Waals surface area contributed by atoms with Crippen LogP contribution >= 0.6 is 0 Å². The van der Waals surface area contributed by atoms with Crippen molar-refractivity contribution in [2.24, 2.45) is 0 Å². The largest absolute Gasteiger partial charge is 0.394 e. The molecule has 1 aliphatic rings. The summed E-state index contributed by atoms with van der Waals surface area (Å²) in [6, 6.07) is 1.45. The molecule has 1 aromatic heterocycles. The molecule has 100 valence electrons. The molecule has 0 bridgehead atoms. The predicted molar refractivity (Wildman–Crippen MR) is 60.7 cm³/mol. The van der Waals surface area contributed by atoms with Crippen molar-refractivity contribution in [2.75, 3.05) is 12.3 Å². The quantitative estimate of drug-likeness (QED) is 0.470. The van der Waals surface area contributed by atoms with Gasteiger partial charge in [-0.3, -0.25) is 4.57 Å². The van der Waals surface area contributed by atoms with Gasteiger partial charge in [0.2, 0.25) is 0 Å². The van der Waals surface area contributed by atoms with E-state index in [0.717, 1.165) is 4.57 Å². The molecule has 0 spiro atoms. The van der Waals surface area contributed by atoms with Gasteiger partial charge in [-0.15, -0.1) is 0 Å². The fourth-order valence-electron chi connectivity index (χ4n) is 2.03. The molecule has 0 radical (unpaired) electrons. The van der Waals surface area contributed by atoms with E-state index in [4.69, 9.17) is 15.6 Å². The third-order valence-electron chi connectivity index (χ3n) is 2.94. The minimum absolute atomic E-state index is 0.0699. The van der Waals surface area contributed by atoms with E-state index in [0.29, 0.717) is 5.69 Å². The van der Waals surface area contributed by atoms with Gasteiger partial charge in [0.05, 0.1) is 6.61 Å². The zero-order valence-corrected chi connectivity index (χ0v) is 9.72.